The first-order valence-electron chi connectivity index (χ1n) is 5.13. The Balaban J connectivity index is 2.82. The molecule has 0 bridgehead atoms. The van der Waals surface area contributed by atoms with Crippen LogP contribution in [0.15, 0.2) is 6.07 Å². The van der Waals surface area contributed by atoms with E-state index in [1.54, 1.807) is 0 Å². The maximum absolute atomic E-state index is 4.52. The molecule has 0 unspecified atom stereocenters. The minimum absolute atomic E-state index is 0.148. The van der Waals surface area contributed by atoms with Crippen LogP contribution >= 0.6 is 0 Å². The van der Waals surface area contributed by atoms with Crippen LogP contribution in [0.2, 0.25) is 0 Å². The molecule has 1 heterocycles. The van der Waals surface area contributed by atoms with Crippen molar-refractivity contribution in [1.29, 1.82) is 0 Å². The molecule has 1 rings (SSSR count). The van der Waals surface area contributed by atoms with E-state index in [2.05, 4.69) is 37.3 Å². The maximum atomic E-state index is 4.52. The summed E-state index contributed by atoms with van der Waals surface area (Å²) in [4.78, 5) is 0. The van der Waals surface area contributed by atoms with Gasteiger partial charge in [-0.25, -0.2) is 0 Å². The first kappa shape index (κ1) is 11.2. The summed E-state index contributed by atoms with van der Waals surface area (Å²) in [7, 11) is 3.99. The predicted molar refractivity (Wildman–Crippen MR) is 59.5 cm³/mol. The van der Waals surface area contributed by atoms with Gasteiger partial charge < -0.3 is 5.32 Å². The Morgan fingerprint density at radius 3 is 2.50 bits per heavy atom. The normalized spacial score (nSPS) is 12.1. The lowest BCUT2D eigenvalue weighted by atomic mass is 9.92. The van der Waals surface area contributed by atoms with E-state index >= 15 is 0 Å². The SMILES string of the molecule is CNCCc1cc(C(C)(C)C)nn1C. The van der Waals surface area contributed by atoms with Gasteiger partial charge in [0.2, 0.25) is 0 Å². The third-order valence-electron chi connectivity index (χ3n) is 2.38. The number of hydrogen-bond acceptors (Lipinski definition) is 2. The summed E-state index contributed by atoms with van der Waals surface area (Å²) in [6, 6.07) is 2.21. The van der Waals surface area contributed by atoms with Gasteiger partial charge >= 0.3 is 0 Å². The third kappa shape index (κ3) is 2.58. The van der Waals surface area contributed by atoms with Crippen LogP contribution in [0.4, 0.5) is 0 Å². The monoisotopic (exact) mass is 195 g/mol. The van der Waals surface area contributed by atoms with E-state index in [9.17, 15) is 0 Å². The fraction of sp³-hybridized carbons (Fsp3) is 0.727. The molecule has 1 N–H and O–H groups in total. The third-order valence-corrected chi connectivity index (χ3v) is 2.38. The quantitative estimate of drug-likeness (QED) is 0.791. The van der Waals surface area contributed by atoms with Crippen LogP contribution in [-0.4, -0.2) is 23.4 Å². The van der Waals surface area contributed by atoms with Crippen LogP contribution in [0.25, 0.3) is 0 Å². The molecule has 0 aliphatic carbocycles. The van der Waals surface area contributed by atoms with E-state index < -0.39 is 0 Å². The Bertz CT molecular complexity index is 294. The smallest absolute Gasteiger partial charge is 0.0680 e. The van der Waals surface area contributed by atoms with Crippen molar-refractivity contribution in [3.05, 3.63) is 17.5 Å². The van der Waals surface area contributed by atoms with Crippen LogP contribution in [0, 0.1) is 0 Å². The van der Waals surface area contributed by atoms with Gasteiger partial charge in [-0.1, -0.05) is 20.8 Å². The molecule has 14 heavy (non-hydrogen) atoms. The molecule has 0 saturated heterocycles. The highest BCUT2D eigenvalue weighted by molar-refractivity contribution is 5.17. The molecule has 0 saturated carbocycles. The van der Waals surface area contributed by atoms with E-state index in [4.69, 9.17) is 0 Å². The fourth-order valence-electron chi connectivity index (χ4n) is 1.36. The van der Waals surface area contributed by atoms with Crippen molar-refractivity contribution in [3.8, 4) is 0 Å². The van der Waals surface area contributed by atoms with Gasteiger partial charge in [0.15, 0.2) is 0 Å². The summed E-state index contributed by atoms with van der Waals surface area (Å²) in [5.74, 6) is 0. The molecule has 3 nitrogen and oxygen atoms in total. The van der Waals surface area contributed by atoms with Crippen molar-refractivity contribution in [2.45, 2.75) is 32.6 Å². The summed E-state index contributed by atoms with van der Waals surface area (Å²) < 4.78 is 1.98. The molecule has 0 aliphatic rings. The highest BCUT2D eigenvalue weighted by Crippen LogP contribution is 2.21. The maximum Gasteiger partial charge on any atom is 0.0680 e. The summed E-state index contributed by atoms with van der Waals surface area (Å²) in [6.45, 7) is 7.58. The topological polar surface area (TPSA) is 29.9 Å². The van der Waals surface area contributed by atoms with Crippen molar-refractivity contribution < 1.29 is 0 Å². The zero-order chi connectivity index (χ0) is 10.8. The lowest BCUT2D eigenvalue weighted by Crippen LogP contribution is -2.12. The summed E-state index contributed by atoms with van der Waals surface area (Å²) in [5, 5.41) is 7.67. The van der Waals surface area contributed by atoms with E-state index in [-0.39, 0.29) is 5.41 Å². The fourth-order valence-corrected chi connectivity index (χ4v) is 1.36. The van der Waals surface area contributed by atoms with Gasteiger partial charge in [0.05, 0.1) is 5.69 Å². The van der Waals surface area contributed by atoms with Crippen LogP contribution in [0.3, 0.4) is 0 Å². The Hall–Kier alpha value is -0.830. The molecule has 1 aromatic heterocycles. The van der Waals surface area contributed by atoms with Crippen LogP contribution in [0.1, 0.15) is 32.2 Å². The lowest BCUT2D eigenvalue weighted by molar-refractivity contribution is 0.551. The molecule has 0 aromatic carbocycles. The summed E-state index contributed by atoms with van der Waals surface area (Å²) in [6.07, 6.45) is 1.04. The van der Waals surface area contributed by atoms with Crippen molar-refractivity contribution >= 4 is 0 Å². The Kier molecular flexibility index (Phi) is 3.32. The molecule has 0 aliphatic heterocycles. The van der Waals surface area contributed by atoms with Gasteiger partial charge in [-0.3, -0.25) is 4.68 Å². The Morgan fingerprint density at radius 2 is 2.07 bits per heavy atom. The number of hydrogen-bond donors (Lipinski definition) is 1. The molecular weight excluding hydrogens is 174 g/mol. The molecular formula is C11H21N3. The average molecular weight is 195 g/mol. The molecule has 3 heteroatoms. The van der Waals surface area contributed by atoms with E-state index in [1.165, 1.54) is 11.4 Å². The minimum atomic E-state index is 0.148. The van der Waals surface area contributed by atoms with E-state index in [0.29, 0.717) is 0 Å². The average Bonchev–Trinajstić information content (AvgIpc) is 2.43. The number of aryl methyl sites for hydroxylation is 1. The van der Waals surface area contributed by atoms with Crippen molar-refractivity contribution in [1.82, 2.24) is 15.1 Å². The predicted octanol–water partition coefficient (Wildman–Crippen LogP) is 1.48. The molecule has 0 fully saturated rings. The van der Waals surface area contributed by atoms with Crippen LogP contribution in [-0.2, 0) is 18.9 Å². The van der Waals surface area contributed by atoms with Crippen LogP contribution < -0.4 is 5.32 Å². The second kappa shape index (κ2) is 4.13. The molecule has 1 aromatic rings. The first-order valence-corrected chi connectivity index (χ1v) is 5.13. The van der Waals surface area contributed by atoms with Crippen molar-refractivity contribution in [2.24, 2.45) is 7.05 Å². The minimum Gasteiger partial charge on any atom is -0.319 e. The summed E-state index contributed by atoms with van der Waals surface area (Å²) in [5.41, 5.74) is 2.62. The van der Waals surface area contributed by atoms with Crippen molar-refractivity contribution in [3.63, 3.8) is 0 Å². The number of likely N-dealkylation sites (N-methyl/N-ethyl adjacent to an activating group) is 1. The second-order valence-corrected chi connectivity index (χ2v) is 4.75. The largest absolute Gasteiger partial charge is 0.319 e. The van der Waals surface area contributed by atoms with Gasteiger partial charge in [-0.15, -0.1) is 0 Å². The van der Waals surface area contributed by atoms with E-state index in [1.807, 2.05) is 18.8 Å². The summed E-state index contributed by atoms with van der Waals surface area (Å²) >= 11 is 0. The second-order valence-electron chi connectivity index (χ2n) is 4.75. The number of nitrogens with one attached hydrogen (secondary N) is 1. The Labute approximate surface area is 86.5 Å². The molecule has 0 radical (unpaired) electrons. The first-order chi connectivity index (χ1) is 6.45. The van der Waals surface area contributed by atoms with Gasteiger partial charge in [0, 0.05) is 31.1 Å². The van der Waals surface area contributed by atoms with Gasteiger partial charge in [-0.2, -0.15) is 5.10 Å². The van der Waals surface area contributed by atoms with Gasteiger partial charge in [-0.05, 0) is 13.1 Å². The molecule has 0 amide bonds. The van der Waals surface area contributed by atoms with Gasteiger partial charge in [0.25, 0.3) is 0 Å². The van der Waals surface area contributed by atoms with Crippen LogP contribution in [0.5, 0.6) is 0 Å². The standard InChI is InChI=1S/C11H21N3/c1-11(2,3)10-8-9(6-7-12-4)14(5)13-10/h8,12H,6-7H2,1-5H3. The molecule has 0 spiro atoms. The zero-order valence-electron chi connectivity index (χ0n) is 9.89. The highest BCUT2D eigenvalue weighted by Gasteiger charge is 2.18. The highest BCUT2D eigenvalue weighted by atomic mass is 15.3. The number of aromatic nitrogens is 2. The zero-order valence-corrected chi connectivity index (χ0v) is 9.89. The number of nitrogens with zero attached hydrogens (tertiary/aromatic N) is 2. The number of rotatable bonds is 3. The lowest BCUT2D eigenvalue weighted by Gasteiger charge is -2.13. The van der Waals surface area contributed by atoms with E-state index in [0.717, 1.165) is 13.0 Å². The van der Waals surface area contributed by atoms with Crippen molar-refractivity contribution in [2.75, 3.05) is 13.6 Å². The Morgan fingerprint density at radius 1 is 1.43 bits per heavy atom. The molecule has 0 atom stereocenters. The molecule has 80 valence electrons. The van der Waals surface area contributed by atoms with Gasteiger partial charge in [0.1, 0.15) is 0 Å².